The first-order valence-electron chi connectivity index (χ1n) is 37.4. The van der Waals surface area contributed by atoms with E-state index in [4.69, 9.17) is 64.8 Å². The van der Waals surface area contributed by atoms with E-state index in [2.05, 4.69) is 112 Å². The third-order valence-electron chi connectivity index (χ3n) is 20.5. The first kappa shape index (κ1) is 67.5. The van der Waals surface area contributed by atoms with E-state index in [1.807, 2.05) is 257 Å². The van der Waals surface area contributed by atoms with Crippen LogP contribution in [0.3, 0.4) is 0 Å². The van der Waals surface area contributed by atoms with Gasteiger partial charge in [0.05, 0.1) is 33.4 Å². The van der Waals surface area contributed by atoms with Gasteiger partial charge in [-0.05, 0) is 73.5 Å². The zero-order valence-corrected chi connectivity index (χ0v) is 61.5. The molecule has 0 saturated heterocycles. The number of hydrogen-bond acceptors (Lipinski definition) is 14. The average molecular weight is 1460 g/mol. The lowest BCUT2D eigenvalue weighted by atomic mass is 9.99. The second kappa shape index (κ2) is 28.6. The van der Waals surface area contributed by atoms with Crippen molar-refractivity contribution in [1.29, 1.82) is 5.26 Å². The molecule has 13 aromatic carbocycles. The zero-order valence-electron chi connectivity index (χ0n) is 61.5. The van der Waals surface area contributed by atoms with E-state index in [-0.39, 0.29) is 0 Å². The van der Waals surface area contributed by atoms with Crippen molar-refractivity contribution in [2.24, 2.45) is 0 Å². The van der Waals surface area contributed by atoms with Crippen molar-refractivity contribution in [3.8, 4) is 165 Å². The van der Waals surface area contributed by atoms with E-state index in [0.29, 0.717) is 109 Å². The smallest absolute Gasteiger partial charge is 0.164 e. The molecule has 114 heavy (non-hydrogen) atoms. The molecule has 534 valence electrons. The van der Waals surface area contributed by atoms with Crippen molar-refractivity contribution >= 4 is 43.6 Å². The largest absolute Gasteiger partial charge is 0.308 e. The van der Waals surface area contributed by atoms with Gasteiger partial charge in [0.1, 0.15) is 11.6 Å². The Balaban J connectivity index is 0.897. The monoisotopic (exact) mass is 1460 g/mol. The van der Waals surface area contributed by atoms with Gasteiger partial charge in [0.15, 0.2) is 69.9 Å². The molecule has 0 atom stereocenters. The Bertz CT molecular complexity index is 6150. The van der Waals surface area contributed by atoms with E-state index in [0.717, 1.165) is 111 Å². The molecule has 0 amide bonds. The predicted molar refractivity (Wildman–Crippen MR) is 451 cm³/mol. The van der Waals surface area contributed by atoms with Crippen molar-refractivity contribution < 1.29 is 0 Å². The molecule has 0 spiro atoms. The molecule has 7 aromatic heterocycles. The van der Waals surface area contributed by atoms with E-state index in [9.17, 15) is 5.26 Å². The van der Waals surface area contributed by atoms with E-state index in [1.165, 1.54) is 0 Å². The maximum atomic E-state index is 12.9. The third-order valence-corrected chi connectivity index (χ3v) is 20.5. The highest BCUT2D eigenvalue weighted by Crippen LogP contribution is 2.45. The summed E-state index contributed by atoms with van der Waals surface area (Å²) < 4.78 is 4.43. The summed E-state index contributed by atoms with van der Waals surface area (Å²) in [4.78, 5) is 67.7. The molecule has 0 saturated carbocycles. The van der Waals surface area contributed by atoms with E-state index >= 15 is 0 Å². The molecule has 0 N–H and O–H groups in total. The quantitative estimate of drug-likeness (QED) is 0.0938. The molecule has 0 fully saturated rings. The summed E-state index contributed by atoms with van der Waals surface area (Å²) in [6, 6.07) is 117. The van der Waals surface area contributed by atoms with Crippen LogP contribution in [0.2, 0.25) is 0 Å². The number of aromatic nitrogens is 15. The highest BCUT2D eigenvalue weighted by atomic mass is 15.1. The van der Waals surface area contributed by atoms with Crippen LogP contribution < -0.4 is 0 Å². The van der Waals surface area contributed by atoms with Crippen molar-refractivity contribution in [2.45, 2.75) is 13.8 Å². The van der Waals surface area contributed by atoms with Gasteiger partial charge in [0.2, 0.25) is 0 Å². The molecule has 0 aliphatic heterocycles. The number of pyridine rings is 1. The van der Waals surface area contributed by atoms with Gasteiger partial charge in [-0.3, -0.25) is 4.98 Å². The molecule has 0 radical (unpaired) electrons. The molecule has 0 aliphatic rings. The summed E-state index contributed by atoms with van der Waals surface area (Å²) in [5, 5.41) is 16.5. The van der Waals surface area contributed by atoms with Crippen molar-refractivity contribution in [2.75, 3.05) is 0 Å². The second-order valence-electron chi connectivity index (χ2n) is 27.9. The number of hydrogen-bond donors (Lipinski definition) is 0. The highest BCUT2D eigenvalue weighted by Gasteiger charge is 2.27. The molecule has 0 unspecified atom stereocenters. The molecular formula is C98H62N16. The van der Waals surface area contributed by atoms with E-state index < -0.39 is 0 Å². The molecule has 16 heteroatoms. The van der Waals surface area contributed by atoms with Gasteiger partial charge in [-0.15, -0.1) is 0 Å². The Kier molecular flexibility index (Phi) is 16.9. The second-order valence-corrected chi connectivity index (χ2v) is 27.9. The SMILES string of the molecule is Cc1cc(-c2cc(-n3c4cc(-c5nc(-c6ccccc6)nc(-c6ccccc6)n5)ccc4c4ccc(-c5nc(-c6ccccc6)nc(-c6ccccc6)n5)cc43)c(C#N)c(-n3c4cc(-c5nc(-c6ccccc6)nc(-c6ccccc6)n5)ccc4c4ccc(-c5nc(-c6ccccc6)nc(-c6ccccc6)n5)cc43)c2)cc(C)n1. The maximum absolute atomic E-state index is 12.9. The van der Waals surface area contributed by atoms with Gasteiger partial charge in [0, 0.05) is 99.7 Å². The average Bonchev–Trinajstić information content (AvgIpc) is 1.55. The van der Waals surface area contributed by atoms with Crippen LogP contribution in [0.5, 0.6) is 0 Å². The molecule has 20 rings (SSSR count). The molecular weight excluding hydrogens is 1400 g/mol. The Morgan fingerprint density at radius 3 is 0.570 bits per heavy atom. The Hall–Kier alpha value is -15.9. The maximum Gasteiger partial charge on any atom is 0.164 e. The summed E-state index contributed by atoms with van der Waals surface area (Å²) in [7, 11) is 0. The Morgan fingerprint density at radius 2 is 0.377 bits per heavy atom. The summed E-state index contributed by atoms with van der Waals surface area (Å²) in [5.41, 5.74) is 17.4. The predicted octanol–water partition coefficient (Wildman–Crippen LogP) is 22.2. The fourth-order valence-electron chi connectivity index (χ4n) is 15.1. The lowest BCUT2D eigenvalue weighted by Crippen LogP contribution is -2.06. The first-order chi connectivity index (χ1) is 56.2. The topological polar surface area (TPSA) is 201 Å². The van der Waals surface area contributed by atoms with Crippen LogP contribution in [0, 0.1) is 25.2 Å². The lowest BCUT2D eigenvalue weighted by molar-refractivity contribution is 1.07. The molecule has 16 nitrogen and oxygen atoms in total. The minimum absolute atomic E-state index is 0.344. The van der Waals surface area contributed by atoms with Crippen LogP contribution in [-0.4, -0.2) is 73.9 Å². The van der Waals surface area contributed by atoms with E-state index in [1.54, 1.807) is 0 Å². The molecule has 7 heterocycles. The third kappa shape index (κ3) is 12.7. The van der Waals surface area contributed by atoms with Gasteiger partial charge in [0.25, 0.3) is 0 Å². The van der Waals surface area contributed by atoms with Crippen LogP contribution in [0.25, 0.3) is 203 Å². The summed E-state index contributed by atoms with van der Waals surface area (Å²) in [5.74, 6) is 5.97. The van der Waals surface area contributed by atoms with Crippen LogP contribution >= 0.6 is 0 Å². The van der Waals surface area contributed by atoms with Gasteiger partial charge in [-0.25, -0.2) is 59.8 Å². The molecule has 0 bridgehead atoms. The van der Waals surface area contributed by atoms with Crippen LogP contribution in [0.1, 0.15) is 17.0 Å². The van der Waals surface area contributed by atoms with Gasteiger partial charge in [-0.2, -0.15) is 5.26 Å². The number of fused-ring (bicyclic) bond motifs is 6. The van der Waals surface area contributed by atoms with Gasteiger partial charge < -0.3 is 9.13 Å². The normalized spacial score (nSPS) is 11.4. The van der Waals surface area contributed by atoms with Crippen molar-refractivity contribution in [3.63, 3.8) is 0 Å². The lowest BCUT2D eigenvalue weighted by Gasteiger charge is -2.19. The molecule has 0 aliphatic carbocycles. The summed E-state index contributed by atoms with van der Waals surface area (Å²) in [6.07, 6.45) is 0. The van der Waals surface area contributed by atoms with Gasteiger partial charge in [-0.1, -0.05) is 291 Å². The number of benzene rings is 13. The van der Waals surface area contributed by atoms with Crippen molar-refractivity contribution in [3.05, 3.63) is 357 Å². The summed E-state index contributed by atoms with van der Waals surface area (Å²) in [6.45, 7) is 4.02. The zero-order chi connectivity index (χ0) is 76.2. The minimum Gasteiger partial charge on any atom is -0.308 e. The first-order valence-corrected chi connectivity index (χ1v) is 37.4. The summed E-state index contributed by atoms with van der Waals surface area (Å²) >= 11 is 0. The number of aryl methyl sites for hydroxylation is 2. The number of nitriles is 1. The number of rotatable bonds is 15. The number of nitrogens with zero attached hydrogens (tertiary/aromatic N) is 16. The minimum atomic E-state index is 0.344. The standard InChI is InChI=1S/C98H62N16/c1-60-51-74(52-61(2)100-60)75-57-85(113-81-53-70(95-105-87(62-27-11-3-12-28-62)101-88(106-95)63-29-13-4-14-30-63)43-47-76(81)77-48-44-71(54-82(77)113)96-107-89(64-31-15-5-16-32-64)102-90(108-96)65-33-17-6-18-34-65)80(59-99)86(58-75)114-83-55-72(97-109-91(66-35-19-7-20-36-66)103-92(110-97)67-37-21-8-22-38-67)45-49-78(83)79-50-46-73(56-84(79)114)98-111-93(68-39-23-9-24-40-68)104-94(112-98)69-41-25-10-26-42-69/h3-58H,1-2H3. The van der Waals surface area contributed by atoms with Crippen molar-refractivity contribution in [1.82, 2.24) is 73.9 Å². The fourth-order valence-corrected chi connectivity index (χ4v) is 15.1. The Labute approximate surface area is 654 Å². The fraction of sp³-hybridized carbons (Fsp3) is 0.0204. The van der Waals surface area contributed by atoms with Crippen LogP contribution in [-0.2, 0) is 0 Å². The van der Waals surface area contributed by atoms with Gasteiger partial charge >= 0.3 is 0 Å². The molecule has 20 aromatic rings. The highest BCUT2D eigenvalue weighted by molar-refractivity contribution is 6.13. The Morgan fingerprint density at radius 1 is 0.193 bits per heavy atom. The van der Waals surface area contributed by atoms with Crippen LogP contribution in [0.4, 0.5) is 0 Å². The van der Waals surface area contributed by atoms with Crippen LogP contribution in [0.15, 0.2) is 340 Å².